The molecule has 0 bridgehead atoms. The van der Waals surface area contributed by atoms with Crippen molar-refractivity contribution in [1.29, 1.82) is 0 Å². The van der Waals surface area contributed by atoms with Gasteiger partial charge in [-0.2, -0.15) is 0 Å². The number of hydrogen-bond acceptors (Lipinski definition) is 6. The van der Waals surface area contributed by atoms with Crippen LogP contribution in [0.25, 0.3) is 0 Å². The number of nitrogens with zero attached hydrogens (tertiary/aromatic N) is 1. The summed E-state index contributed by atoms with van der Waals surface area (Å²) in [6, 6.07) is -0.811. The van der Waals surface area contributed by atoms with Gasteiger partial charge >= 0.3 is 0 Å². The average molecular weight is 829 g/mol. The molecular weight excluding hydrogens is 732 g/mol. The predicted molar refractivity (Wildman–Crippen MR) is 242 cm³/mol. The minimum Gasteiger partial charge on any atom is -0.756 e. The van der Waals surface area contributed by atoms with Crippen molar-refractivity contribution in [1.82, 2.24) is 5.32 Å². The molecule has 8 nitrogen and oxygen atoms in total. The molecule has 1 unspecified atom stereocenters. The van der Waals surface area contributed by atoms with Gasteiger partial charge in [0.2, 0.25) is 5.91 Å². The number of allylic oxidation sites excluding steroid dienone is 2. The molecule has 340 valence electrons. The lowest BCUT2D eigenvalue weighted by Crippen LogP contribution is -2.46. The highest BCUT2D eigenvalue weighted by Gasteiger charge is 2.24. The molecule has 0 saturated carbocycles. The molecule has 3 atom stereocenters. The van der Waals surface area contributed by atoms with Gasteiger partial charge in [-0.15, -0.1) is 0 Å². The summed E-state index contributed by atoms with van der Waals surface area (Å²) >= 11 is 0. The third kappa shape index (κ3) is 43.1. The largest absolute Gasteiger partial charge is 0.756 e. The summed E-state index contributed by atoms with van der Waals surface area (Å²) in [5.41, 5.74) is 0. The van der Waals surface area contributed by atoms with Crippen LogP contribution in [0.4, 0.5) is 0 Å². The summed E-state index contributed by atoms with van der Waals surface area (Å²) < 4.78 is 23.3. The maximum absolute atomic E-state index is 12.9. The summed E-state index contributed by atoms with van der Waals surface area (Å²) in [4.78, 5) is 25.4. The van der Waals surface area contributed by atoms with E-state index in [-0.39, 0.29) is 19.1 Å². The first-order valence-electron chi connectivity index (χ1n) is 24.5. The Hall–Kier alpha value is -0.760. The van der Waals surface area contributed by atoms with Crippen molar-refractivity contribution >= 4 is 13.7 Å². The number of quaternary nitrogens is 1. The molecule has 0 spiro atoms. The van der Waals surface area contributed by atoms with Gasteiger partial charge in [-0.3, -0.25) is 9.36 Å². The fourth-order valence-corrected chi connectivity index (χ4v) is 8.05. The topological polar surface area (TPSA) is 108 Å². The van der Waals surface area contributed by atoms with E-state index in [0.29, 0.717) is 23.9 Å². The molecule has 0 aromatic carbocycles. The molecule has 0 heterocycles. The Bertz CT molecular complexity index is 942. The van der Waals surface area contributed by atoms with Gasteiger partial charge in [-0.25, -0.2) is 0 Å². The van der Waals surface area contributed by atoms with Crippen LogP contribution in [0, 0.1) is 0 Å². The number of rotatable bonds is 45. The van der Waals surface area contributed by atoms with Crippen molar-refractivity contribution in [2.24, 2.45) is 0 Å². The third-order valence-corrected chi connectivity index (χ3v) is 12.2. The van der Waals surface area contributed by atoms with Gasteiger partial charge in [0, 0.05) is 6.42 Å². The van der Waals surface area contributed by atoms with Crippen LogP contribution in [-0.4, -0.2) is 68.5 Å². The number of aliphatic hydroxyl groups excluding tert-OH is 1. The van der Waals surface area contributed by atoms with Crippen molar-refractivity contribution in [2.45, 2.75) is 251 Å². The maximum Gasteiger partial charge on any atom is 0.268 e. The summed E-state index contributed by atoms with van der Waals surface area (Å²) in [6.45, 7) is 4.71. The number of carbonyl (C=O) groups excluding carboxylic acids is 1. The fraction of sp³-hybridized carbons (Fsp3) is 0.938. The molecule has 9 heteroatoms. The maximum atomic E-state index is 12.9. The second-order valence-corrected chi connectivity index (χ2v) is 19.6. The minimum absolute atomic E-state index is 0.00969. The summed E-state index contributed by atoms with van der Waals surface area (Å²) in [5.74, 6) is -0.171. The molecule has 57 heavy (non-hydrogen) atoms. The predicted octanol–water partition coefficient (Wildman–Crippen LogP) is 13.3. The normalized spacial score (nSPS) is 14.3. The summed E-state index contributed by atoms with van der Waals surface area (Å²) in [6.07, 6.45) is 46.6. The lowest BCUT2D eigenvalue weighted by molar-refractivity contribution is -0.870. The van der Waals surface area contributed by atoms with E-state index in [2.05, 4.69) is 31.3 Å². The van der Waals surface area contributed by atoms with Gasteiger partial charge in [0.05, 0.1) is 39.9 Å². The fourth-order valence-electron chi connectivity index (χ4n) is 7.33. The van der Waals surface area contributed by atoms with Crippen molar-refractivity contribution < 1.29 is 32.9 Å². The van der Waals surface area contributed by atoms with Crippen LogP contribution in [0.3, 0.4) is 0 Å². The molecule has 2 N–H and O–H groups in total. The van der Waals surface area contributed by atoms with Crippen molar-refractivity contribution in [3.63, 3.8) is 0 Å². The zero-order chi connectivity index (χ0) is 42.1. The first kappa shape index (κ1) is 56.2. The lowest BCUT2D eigenvalue weighted by atomic mass is 10.0. The number of phosphoric ester groups is 1. The first-order valence-corrected chi connectivity index (χ1v) is 26.0. The number of phosphoric acid groups is 1. The van der Waals surface area contributed by atoms with Gasteiger partial charge in [-0.05, 0) is 38.5 Å². The van der Waals surface area contributed by atoms with Crippen LogP contribution in [0.2, 0.25) is 0 Å². The van der Waals surface area contributed by atoms with Crippen LogP contribution in [0.1, 0.15) is 239 Å². The number of unbranched alkanes of at least 4 members (excludes halogenated alkanes) is 30. The molecule has 0 aliphatic rings. The zero-order valence-electron chi connectivity index (χ0n) is 38.6. The molecule has 0 rings (SSSR count). The minimum atomic E-state index is -4.57. The molecule has 0 fully saturated rings. The standard InChI is InChI=1S/C48H97N2O6P/c1-6-8-10-12-14-16-18-20-21-22-23-24-25-26-27-28-29-30-32-34-36-38-40-42-48(52)49-46(45-56-57(53,54)55-44-43-50(3,4)5)47(51)41-39-37-35-33-31-19-17-15-13-11-9-7-2/h31,33,46-47,51H,6-30,32,34-45H2,1-5H3,(H-,49,52,53,54)/b33-31+/t46-,47+/m0/s1. The number of hydrogen-bond donors (Lipinski definition) is 2. The molecule has 0 aliphatic heterocycles. The van der Waals surface area contributed by atoms with E-state index in [0.717, 1.165) is 44.9 Å². The monoisotopic (exact) mass is 829 g/mol. The smallest absolute Gasteiger partial charge is 0.268 e. The molecule has 0 aromatic rings. The lowest BCUT2D eigenvalue weighted by Gasteiger charge is -2.30. The van der Waals surface area contributed by atoms with Gasteiger partial charge in [0.1, 0.15) is 13.2 Å². The highest BCUT2D eigenvalue weighted by molar-refractivity contribution is 7.45. The summed E-state index contributed by atoms with van der Waals surface area (Å²) in [5, 5.41) is 13.9. The van der Waals surface area contributed by atoms with E-state index in [4.69, 9.17) is 9.05 Å². The second kappa shape index (κ2) is 40.6. The molecule has 0 saturated heterocycles. The highest BCUT2D eigenvalue weighted by Crippen LogP contribution is 2.38. The quantitative estimate of drug-likeness (QED) is 0.0274. The Morgan fingerprint density at radius 2 is 0.965 bits per heavy atom. The van der Waals surface area contributed by atoms with E-state index in [1.54, 1.807) is 0 Å². The molecule has 1 amide bonds. The van der Waals surface area contributed by atoms with E-state index in [9.17, 15) is 19.4 Å². The number of carbonyl (C=O) groups is 1. The van der Waals surface area contributed by atoms with E-state index in [1.165, 1.54) is 167 Å². The van der Waals surface area contributed by atoms with Crippen molar-refractivity contribution in [2.75, 3.05) is 40.9 Å². The summed E-state index contributed by atoms with van der Waals surface area (Å²) in [7, 11) is 1.30. The SMILES string of the molecule is CCCCCCCC/C=C/CCCC[C@@H](O)[C@H](COP(=O)([O-])OCC[N+](C)(C)C)NC(=O)CCCCCCCCCCCCCCCCCCCCCCCCC. The van der Waals surface area contributed by atoms with Crippen LogP contribution in [0.15, 0.2) is 12.2 Å². The second-order valence-electron chi connectivity index (χ2n) is 18.2. The van der Waals surface area contributed by atoms with Gasteiger partial charge in [0.25, 0.3) is 7.82 Å². The molecule has 0 aromatic heterocycles. The Morgan fingerprint density at radius 3 is 1.37 bits per heavy atom. The molecule has 0 radical (unpaired) electrons. The Kier molecular flexibility index (Phi) is 40.1. The van der Waals surface area contributed by atoms with Crippen LogP contribution in [-0.2, 0) is 18.4 Å². The number of likely N-dealkylation sites (N-methyl/N-ethyl adjacent to an activating group) is 1. The first-order chi connectivity index (χ1) is 27.5. The third-order valence-electron chi connectivity index (χ3n) is 11.3. The molecular formula is C48H97N2O6P. The van der Waals surface area contributed by atoms with Crippen molar-refractivity contribution in [3.05, 3.63) is 12.2 Å². The Labute approximate surface area is 354 Å². The van der Waals surface area contributed by atoms with Gasteiger partial charge in [0.15, 0.2) is 0 Å². The Morgan fingerprint density at radius 1 is 0.596 bits per heavy atom. The van der Waals surface area contributed by atoms with Crippen LogP contribution < -0.4 is 10.2 Å². The zero-order valence-corrected chi connectivity index (χ0v) is 39.5. The number of aliphatic hydroxyl groups is 1. The number of nitrogens with one attached hydrogen (secondary N) is 1. The van der Waals surface area contributed by atoms with E-state index >= 15 is 0 Å². The Balaban J connectivity index is 4.17. The van der Waals surface area contributed by atoms with E-state index < -0.39 is 20.0 Å². The number of amides is 1. The van der Waals surface area contributed by atoms with Crippen LogP contribution >= 0.6 is 7.82 Å². The van der Waals surface area contributed by atoms with Gasteiger partial charge < -0.3 is 28.8 Å². The highest BCUT2D eigenvalue weighted by atomic mass is 31.2. The van der Waals surface area contributed by atoms with Crippen molar-refractivity contribution in [3.8, 4) is 0 Å². The van der Waals surface area contributed by atoms with Gasteiger partial charge in [-0.1, -0.05) is 206 Å². The molecule has 0 aliphatic carbocycles. The van der Waals surface area contributed by atoms with E-state index in [1.807, 2.05) is 21.1 Å². The van der Waals surface area contributed by atoms with Crippen LogP contribution in [0.5, 0.6) is 0 Å². The average Bonchev–Trinajstić information content (AvgIpc) is 3.16.